The molecular formula is C14H10BrCl2FO. The van der Waals surface area contributed by atoms with Crippen LogP contribution in [0.1, 0.15) is 16.5 Å². The molecule has 1 atom stereocenters. The van der Waals surface area contributed by atoms with Gasteiger partial charge in [0.25, 0.3) is 0 Å². The third kappa shape index (κ3) is 3.22. The van der Waals surface area contributed by atoms with Gasteiger partial charge in [0.1, 0.15) is 11.6 Å². The van der Waals surface area contributed by atoms with Gasteiger partial charge in [-0.3, -0.25) is 0 Å². The summed E-state index contributed by atoms with van der Waals surface area (Å²) in [5, 5.41) is -0.0630. The molecule has 0 spiro atoms. The fraction of sp³-hybridized carbons (Fsp3) is 0.143. The van der Waals surface area contributed by atoms with Crippen molar-refractivity contribution in [2.24, 2.45) is 0 Å². The first-order valence-corrected chi connectivity index (χ1v) is 7.06. The van der Waals surface area contributed by atoms with E-state index in [9.17, 15) is 4.39 Å². The van der Waals surface area contributed by atoms with Gasteiger partial charge in [0.15, 0.2) is 0 Å². The van der Waals surface area contributed by atoms with E-state index in [1.165, 1.54) is 19.2 Å². The average Bonchev–Trinajstić information content (AvgIpc) is 2.38. The Bertz CT molecular complexity index is 604. The molecule has 0 heterocycles. The van der Waals surface area contributed by atoms with Crippen molar-refractivity contribution in [1.82, 2.24) is 0 Å². The van der Waals surface area contributed by atoms with Crippen LogP contribution in [0.15, 0.2) is 40.9 Å². The quantitative estimate of drug-likeness (QED) is 0.647. The lowest BCUT2D eigenvalue weighted by Crippen LogP contribution is -1.99. The summed E-state index contributed by atoms with van der Waals surface area (Å²) >= 11 is 15.9. The summed E-state index contributed by atoms with van der Waals surface area (Å²) in [6.07, 6.45) is 0. The molecule has 100 valence electrons. The van der Waals surface area contributed by atoms with Gasteiger partial charge in [-0.2, -0.15) is 0 Å². The zero-order chi connectivity index (χ0) is 14.0. The van der Waals surface area contributed by atoms with E-state index < -0.39 is 5.38 Å². The molecule has 5 heteroatoms. The lowest BCUT2D eigenvalue weighted by molar-refractivity contribution is 0.409. The van der Waals surface area contributed by atoms with Crippen LogP contribution in [0.25, 0.3) is 0 Å². The molecule has 0 N–H and O–H groups in total. The van der Waals surface area contributed by atoms with Crippen molar-refractivity contribution < 1.29 is 9.13 Å². The number of methoxy groups -OCH3 is 1. The van der Waals surface area contributed by atoms with Crippen LogP contribution in [0.4, 0.5) is 4.39 Å². The van der Waals surface area contributed by atoms with Crippen LogP contribution in [0.3, 0.4) is 0 Å². The van der Waals surface area contributed by atoms with Gasteiger partial charge in [-0.1, -0.05) is 33.6 Å². The zero-order valence-corrected chi connectivity index (χ0v) is 13.1. The van der Waals surface area contributed by atoms with E-state index in [4.69, 9.17) is 27.9 Å². The van der Waals surface area contributed by atoms with E-state index in [0.717, 1.165) is 4.47 Å². The summed E-state index contributed by atoms with van der Waals surface area (Å²) in [5.41, 5.74) is 1.25. The van der Waals surface area contributed by atoms with Crippen molar-refractivity contribution in [2.45, 2.75) is 5.38 Å². The fourth-order valence-electron chi connectivity index (χ4n) is 1.78. The Morgan fingerprint density at radius 2 is 1.89 bits per heavy atom. The molecule has 0 bridgehead atoms. The van der Waals surface area contributed by atoms with Crippen LogP contribution in [-0.2, 0) is 0 Å². The van der Waals surface area contributed by atoms with Crippen LogP contribution < -0.4 is 4.74 Å². The summed E-state index contributed by atoms with van der Waals surface area (Å²) < 4.78 is 19.4. The van der Waals surface area contributed by atoms with Crippen molar-refractivity contribution in [1.29, 1.82) is 0 Å². The second kappa shape index (κ2) is 6.12. The third-order valence-electron chi connectivity index (χ3n) is 2.70. The second-order valence-corrected chi connectivity index (χ2v) is 5.67. The average molecular weight is 364 g/mol. The standard InChI is InChI=1S/C14H10BrCl2FO/c1-19-13-5-3-9(18)7-11(13)14(17)10-4-2-8(15)6-12(10)16/h2-7,14H,1H3. The van der Waals surface area contributed by atoms with E-state index in [1.54, 1.807) is 18.2 Å². The number of benzene rings is 2. The Hall–Kier alpha value is -0.770. The summed E-state index contributed by atoms with van der Waals surface area (Å²) in [4.78, 5) is 0. The molecule has 1 unspecified atom stereocenters. The van der Waals surface area contributed by atoms with Crippen molar-refractivity contribution >= 4 is 39.1 Å². The first kappa shape index (κ1) is 14.6. The summed E-state index contributed by atoms with van der Waals surface area (Å²) in [7, 11) is 1.52. The predicted molar refractivity (Wildman–Crippen MR) is 79.8 cm³/mol. The number of halogens is 4. The minimum atomic E-state index is -0.578. The molecule has 2 aromatic carbocycles. The molecule has 0 aliphatic rings. The molecule has 19 heavy (non-hydrogen) atoms. The van der Waals surface area contributed by atoms with Crippen molar-refractivity contribution in [3.05, 3.63) is 62.8 Å². The molecule has 2 rings (SSSR count). The Labute approximate surface area is 129 Å². The zero-order valence-electron chi connectivity index (χ0n) is 9.96. The molecule has 0 aromatic heterocycles. The molecule has 0 aliphatic heterocycles. The highest BCUT2D eigenvalue weighted by Gasteiger charge is 2.19. The SMILES string of the molecule is COc1ccc(F)cc1C(Cl)c1ccc(Br)cc1Cl. The Morgan fingerprint density at radius 1 is 1.16 bits per heavy atom. The normalized spacial score (nSPS) is 12.3. The highest BCUT2D eigenvalue weighted by Crippen LogP contribution is 2.39. The molecule has 0 radical (unpaired) electrons. The van der Waals surface area contributed by atoms with Gasteiger partial charge in [0.05, 0.1) is 12.5 Å². The maximum Gasteiger partial charge on any atom is 0.124 e. The first-order valence-electron chi connectivity index (χ1n) is 5.45. The summed E-state index contributed by atoms with van der Waals surface area (Å²) in [5.74, 6) is 0.162. The highest BCUT2D eigenvalue weighted by atomic mass is 79.9. The maximum atomic E-state index is 13.4. The van der Waals surface area contributed by atoms with E-state index in [2.05, 4.69) is 15.9 Å². The van der Waals surface area contributed by atoms with Gasteiger partial charge in [-0.05, 0) is 35.9 Å². The maximum absolute atomic E-state index is 13.4. The van der Waals surface area contributed by atoms with Crippen molar-refractivity contribution in [3.63, 3.8) is 0 Å². The highest BCUT2D eigenvalue weighted by molar-refractivity contribution is 9.10. The minimum Gasteiger partial charge on any atom is -0.496 e. The number of hydrogen-bond acceptors (Lipinski definition) is 1. The molecule has 0 amide bonds. The van der Waals surface area contributed by atoms with Crippen LogP contribution in [-0.4, -0.2) is 7.11 Å². The van der Waals surface area contributed by atoms with Gasteiger partial charge < -0.3 is 4.74 Å². The smallest absolute Gasteiger partial charge is 0.124 e. The minimum absolute atomic E-state index is 0.366. The number of rotatable bonds is 3. The fourth-order valence-corrected chi connectivity index (χ4v) is 2.98. The van der Waals surface area contributed by atoms with Gasteiger partial charge in [-0.25, -0.2) is 4.39 Å². The molecule has 0 saturated heterocycles. The van der Waals surface area contributed by atoms with Gasteiger partial charge >= 0.3 is 0 Å². The van der Waals surface area contributed by atoms with Crippen LogP contribution >= 0.6 is 39.1 Å². The second-order valence-electron chi connectivity index (χ2n) is 3.91. The molecule has 2 aromatic rings. The van der Waals surface area contributed by atoms with Gasteiger partial charge in [0.2, 0.25) is 0 Å². The van der Waals surface area contributed by atoms with Crippen molar-refractivity contribution in [3.8, 4) is 5.75 Å². The van der Waals surface area contributed by atoms with Gasteiger partial charge in [-0.15, -0.1) is 11.6 Å². The number of alkyl halides is 1. The van der Waals surface area contributed by atoms with Gasteiger partial charge in [0, 0.05) is 15.1 Å². The Balaban J connectivity index is 2.49. The Morgan fingerprint density at radius 3 is 2.53 bits per heavy atom. The first-order chi connectivity index (χ1) is 9.02. The monoisotopic (exact) mass is 362 g/mol. The predicted octanol–water partition coefficient (Wildman–Crippen LogP) is 5.58. The van der Waals surface area contributed by atoms with E-state index in [0.29, 0.717) is 21.9 Å². The van der Waals surface area contributed by atoms with Crippen LogP contribution in [0.2, 0.25) is 5.02 Å². The molecule has 1 nitrogen and oxygen atoms in total. The largest absolute Gasteiger partial charge is 0.496 e. The third-order valence-corrected chi connectivity index (χ3v) is 3.99. The molecule has 0 fully saturated rings. The lowest BCUT2D eigenvalue weighted by atomic mass is 10.0. The van der Waals surface area contributed by atoms with E-state index >= 15 is 0 Å². The van der Waals surface area contributed by atoms with E-state index in [-0.39, 0.29) is 5.82 Å². The number of ether oxygens (including phenoxy) is 1. The Kier molecular flexibility index (Phi) is 4.71. The summed E-state index contributed by atoms with van der Waals surface area (Å²) in [6.45, 7) is 0. The van der Waals surface area contributed by atoms with Crippen molar-refractivity contribution in [2.75, 3.05) is 7.11 Å². The number of hydrogen-bond donors (Lipinski definition) is 0. The lowest BCUT2D eigenvalue weighted by Gasteiger charge is -2.16. The van der Waals surface area contributed by atoms with E-state index in [1.807, 2.05) is 6.07 Å². The van der Waals surface area contributed by atoms with Crippen LogP contribution in [0.5, 0.6) is 5.75 Å². The van der Waals surface area contributed by atoms with Crippen LogP contribution in [0, 0.1) is 5.82 Å². The topological polar surface area (TPSA) is 9.23 Å². The summed E-state index contributed by atoms with van der Waals surface area (Å²) in [6, 6.07) is 9.62. The molecular weight excluding hydrogens is 354 g/mol. The molecule has 0 saturated carbocycles. The molecule has 0 aliphatic carbocycles.